The van der Waals surface area contributed by atoms with Gasteiger partial charge in [-0.25, -0.2) is 0 Å². The lowest BCUT2D eigenvalue weighted by Crippen LogP contribution is -2.58. The van der Waals surface area contributed by atoms with Crippen LogP contribution in [0.25, 0.3) is 0 Å². The Balaban J connectivity index is 1.57. The molecule has 5 nitrogen and oxygen atoms in total. The van der Waals surface area contributed by atoms with Crippen molar-refractivity contribution in [2.24, 2.45) is 12.5 Å². The van der Waals surface area contributed by atoms with E-state index in [-0.39, 0.29) is 17.4 Å². The number of hydrogen-bond acceptors (Lipinski definition) is 3. The summed E-state index contributed by atoms with van der Waals surface area (Å²) in [6, 6.07) is 14.1. The summed E-state index contributed by atoms with van der Waals surface area (Å²) in [6.45, 7) is 2.45. The van der Waals surface area contributed by atoms with Gasteiger partial charge in [0.2, 0.25) is 0 Å². The van der Waals surface area contributed by atoms with E-state index < -0.39 is 0 Å². The van der Waals surface area contributed by atoms with E-state index in [4.69, 9.17) is 0 Å². The summed E-state index contributed by atoms with van der Waals surface area (Å²) in [7, 11) is 4.18. The maximum Gasteiger partial charge on any atom is 0.272 e. The first kappa shape index (κ1) is 18.9. The highest BCUT2D eigenvalue weighted by Crippen LogP contribution is 2.55. The summed E-state index contributed by atoms with van der Waals surface area (Å²) in [5, 5.41) is 4.27. The van der Waals surface area contributed by atoms with E-state index in [2.05, 4.69) is 59.2 Å². The second kappa shape index (κ2) is 6.98. The predicted octanol–water partition coefficient (Wildman–Crippen LogP) is 3.51. The van der Waals surface area contributed by atoms with Gasteiger partial charge in [0.05, 0.1) is 0 Å². The van der Waals surface area contributed by atoms with E-state index in [9.17, 15) is 4.79 Å². The van der Waals surface area contributed by atoms with Crippen LogP contribution in [0.2, 0.25) is 0 Å². The number of hydrogen-bond donors (Lipinski definition) is 0. The minimum absolute atomic E-state index is 0.165. The zero-order valence-corrected chi connectivity index (χ0v) is 17.8. The van der Waals surface area contributed by atoms with Gasteiger partial charge in [-0.3, -0.25) is 14.4 Å². The standard InChI is InChI=1S/C24H32N4O/c1-24-16-20-19(15-17-9-5-4-6-10-17)26(2)21(24)11-7-8-12-22(24)28(20)23(29)18-13-14-25-27(18)3/h4-6,9-10,13-14,19-22H,7-8,11-12,15-16H2,1-3H3/t19-,20-,21+,22-,24+/m0/s1. The van der Waals surface area contributed by atoms with Gasteiger partial charge in [-0.1, -0.05) is 50.1 Å². The van der Waals surface area contributed by atoms with Crippen molar-refractivity contribution in [1.82, 2.24) is 19.6 Å². The number of likely N-dealkylation sites (tertiary alicyclic amines) is 2. The van der Waals surface area contributed by atoms with E-state index >= 15 is 0 Å². The number of nitrogens with zero attached hydrogens (tertiary/aromatic N) is 4. The number of carbonyl (C=O) groups is 1. The topological polar surface area (TPSA) is 41.4 Å². The molecule has 0 radical (unpaired) electrons. The van der Waals surface area contributed by atoms with Gasteiger partial charge in [0, 0.05) is 42.8 Å². The Morgan fingerprint density at radius 3 is 2.52 bits per heavy atom. The first-order valence-corrected chi connectivity index (χ1v) is 11.1. The van der Waals surface area contributed by atoms with Crippen LogP contribution < -0.4 is 0 Å². The van der Waals surface area contributed by atoms with Crippen LogP contribution in [0.4, 0.5) is 0 Å². The van der Waals surface area contributed by atoms with Gasteiger partial charge in [0.25, 0.3) is 5.91 Å². The lowest BCUT2D eigenvalue weighted by atomic mass is 9.69. The molecule has 0 spiro atoms. The van der Waals surface area contributed by atoms with Crippen LogP contribution >= 0.6 is 0 Å². The molecular formula is C24H32N4O. The third-order valence-electron chi connectivity index (χ3n) is 8.09. The number of aryl methyl sites for hydroxylation is 1. The zero-order valence-electron chi connectivity index (χ0n) is 17.8. The van der Waals surface area contributed by atoms with Crippen molar-refractivity contribution in [2.45, 2.75) is 69.6 Å². The van der Waals surface area contributed by atoms with Crippen molar-refractivity contribution in [2.75, 3.05) is 7.05 Å². The van der Waals surface area contributed by atoms with Gasteiger partial charge in [-0.2, -0.15) is 5.10 Å². The number of carbonyl (C=O) groups excluding carboxylic acids is 1. The molecule has 5 atom stereocenters. The summed E-state index contributed by atoms with van der Waals surface area (Å²) < 4.78 is 1.73. The minimum atomic E-state index is 0.165. The Morgan fingerprint density at radius 1 is 1.10 bits per heavy atom. The molecule has 1 aromatic heterocycles. The second-order valence-electron chi connectivity index (χ2n) is 9.57. The second-order valence-corrected chi connectivity index (χ2v) is 9.57. The summed E-state index contributed by atoms with van der Waals surface area (Å²) >= 11 is 0. The minimum Gasteiger partial charge on any atom is -0.329 e. The molecule has 29 heavy (non-hydrogen) atoms. The van der Waals surface area contributed by atoms with Gasteiger partial charge in [0.1, 0.15) is 5.69 Å². The molecule has 0 N–H and O–H groups in total. The van der Waals surface area contributed by atoms with Gasteiger partial charge in [-0.05, 0) is 44.4 Å². The van der Waals surface area contributed by atoms with Crippen molar-refractivity contribution in [3.63, 3.8) is 0 Å². The predicted molar refractivity (Wildman–Crippen MR) is 114 cm³/mol. The molecule has 5 heteroatoms. The fourth-order valence-corrected chi connectivity index (χ4v) is 6.70. The SMILES string of the molecule is CN1[C@@H](Cc2ccccc2)[C@@H]2C[C@@]3(C)[C@H](CCCC[C@@H]13)N2C(=O)c1ccnn1C. The normalized spacial score (nSPS) is 34.2. The molecule has 1 aromatic carbocycles. The van der Waals surface area contributed by atoms with E-state index in [1.807, 2.05) is 13.1 Å². The average Bonchev–Trinajstić information content (AvgIpc) is 3.20. The van der Waals surface area contributed by atoms with Crippen LogP contribution in [0.3, 0.4) is 0 Å². The summed E-state index contributed by atoms with van der Waals surface area (Å²) in [5.74, 6) is 0.165. The van der Waals surface area contributed by atoms with Crippen molar-refractivity contribution in [3.05, 3.63) is 53.9 Å². The number of benzene rings is 1. The van der Waals surface area contributed by atoms with Crippen LogP contribution in [0.1, 0.15) is 55.1 Å². The number of amides is 1. The first-order chi connectivity index (χ1) is 14.0. The van der Waals surface area contributed by atoms with Gasteiger partial charge in [0.15, 0.2) is 0 Å². The molecule has 5 rings (SSSR count). The van der Waals surface area contributed by atoms with E-state index in [1.54, 1.807) is 10.9 Å². The van der Waals surface area contributed by atoms with Crippen molar-refractivity contribution in [3.8, 4) is 0 Å². The molecule has 2 bridgehead atoms. The number of rotatable bonds is 3. The molecular weight excluding hydrogens is 360 g/mol. The largest absolute Gasteiger partial charge is 0.329 e. The maximum atomic E-state index is 13.8. The third kappa shape index (κ3) is 2.85. The molecule has 1 aliphatic carbocycles. The Kier molecular flexibility index (Phi) is 4.54. The smallest absolute Gasteiger partial charge is 0.272 e. The summed E-state index contributed by atoms with van der Waals surface area (Å²) in [5.41, 5.74) is 2.25. The Hall–Kier alpha value is -2.14. The van der Waals surface area contributed by atoms with E-state index in [1.165, 1.54) is 24.8 Å². The van der Waals surface area contributed by atoms with Gasteiger partial charge in [-0.15, -0.1) is 0 Å². The zero-order chi connectivity index (χ0) is 20.2. The lowest BCUT2D eigenvalue weighted by Gasteiger charge is -2.49. The molecule has 3 heterocycles. The first-order valence-electron chi connectivity index (χ1n) is 11.1. The highest BCUT2D eigenvalue weighted by molar-refractivity contribution is 5.93. The monoisotopic (exact) mass is 392 g/mol. The van der Waals surface area contributed by atoms with Crippen LogP contribution in [0.15, 0.2) is 42.6 Å². The summed E-state index contributed by atoms with van der Waals surface area (Å²) in [6.07, 6.45) is 8.70. The van der Waals surface area contributed by atoms with Crippen molar-refractivity contribution >= 4 is 5.91 Å². The molecule has 2 aromatic rings. The van der Waals surface area contributed by atoms with E-state index in [0.717, 1.165) is 19.3 Å². The van der Waals surface area contributed by atoms with Gasteiger partial charge >= 0.3 is 0 Å². The quantitative estimate of drug-likeness (QED) is 0.803. The molecule has 2 saturated heterocycles. The van der Waals surface area contributed by atoms with Crippen LogP contribution in [0, 0.1) is 5.41 Å². The molecule has 1 saturated carbocycles. The summed E-state index contributed by atoms with van der Waals surface area (Å²) in [4.78, 5) is 18.7. The number of fused-ring (bicyclic) bond motifs is 1. The molecule has 0 unspecified atom stereocenters. The Labute approximate surface area is 173 Å². The third-order valence-corrected chi connectivity index (χ3v) is 8.09. The van der Waals surface area contributed by atoms with Crippen molar-refractivity contribution in [1.29, 1.82) is 0 Å². The lowest BCUT2D eigenvalue weighted by molar-refractivity contribution is 0.0155. The van der Waals surface area contributed by atoms with E-state index in [0.29, 0.717) is 23.8 Å². The number of likely N-dealkylation sites (N-methyl/N-ethyl adjacent to an activating group) is 1. The van der Waals surface area contributed by atoms with Crippen LogP contribution in [-0.4, -0.2) is 56.7 Å². The fraction of sp³-hybridized carbons (Fsp3) is 0.583. The molecule has 3 aliphatic rings. The maximum absolute atomic E-state index is 13.8. The number of aromatic nitrogens is 2. The molecule has 154 valence electrons. The molecule has 3 fully saturated rings. The highest BCUT2D eigenvalue weighted by atomic mass is 16.2. The van der Waals surface area contributed by atoms with Crippen molar-refractivity contribution < 1.29 is 4.79 Å². The van der Waals surface area contributed by atoms with Gasteiger partial charge < -0.3 is 4.90 Å². The Morgan fingerprint density at radius 2 is 1.83 bits per heavy atom. The van der Waals surface area contributed by atoms with Crippen LogP contribution in [0.5, 0.6) is 0 Å². The average molecular weight is 393 g/mol. The fourth-order valence-electron chi connectivity index (χ4n) is 6.70. The molecule has 1 amide bonds. The highest BCUT2D eigenvalue weighted by Gasteiger charge is 2.62. The van der Waals surface area contributed by atoms with Crippen LogP contribution in [-0.2, 0) is 13.5 Å². The number of piperidine rings is 1. The molecule has 2 aliphatic heterocycles. The Bertz CT molecular complexity index is 893.